The van der Waals surface area contributed by atoms with Crippen molar-refractivity contribution in [2.24, 2.45) is 0 Å². The van der Waals surface area contributed by atoms with Gasteiger partial charge in [0.15, 0.2) is 35.6 Å². The van der Waals surface area contributed by atoms with Crippen molar-refractivity contribution in [2.45, 2.75) is 172 Å². The van der Waals surface area contributed by atoms with Gasteiger partial charge in [0.2, 0.25) is 41.2 Å². The van der Waals surface area contributed by atoms with E-state index < -0.39 is 207 Å². The largest absolute Gasteiger partial charge is 0.508 e. The Kier molecular flexibility index (Phi) is 25.1. The number of amides is 8. The van der Waals surface area contributed by atoms with E-state index in [-0.39, 0.29) is 67.4 Å². The van der Waals surface area contributed by atoms with Gasteiger partial charge in [-0.05, 0) is 160 Å². The maximum Gasteiger partial charge on any atom is 0.410 e. The fraction of sp³-hybridized carbons (Fsp3) is 0.358. The molecule has 8 amide bonds. The summed E-state index contributed by atoms with van der Waals surface area (Å²) in [5.74, 6) is -16.0. The van der Waals surface area contributed by atoms with Gasteiger partial charge in [-0.25, -0.2) is 14.4 Å². The first kappa shape index (κ1) is 82.6. The Balaban J connectivity index is 1.11. The molecule has 8 atom stereocenters. The van der Waals surface area contributed by atoms with Crippen LogP contribution in [0.5, 0.6) is 69.0 Å². The summed E-state index contributed by atoms with van der Waals surface area (Å²) in [6.07, 6.45) is 2.37. The number of aliphatic hydroxyl groups excluding tert-OH is 1. The van der Waals surface area contributed by atoms with E-state index in [1.165, 1.54) is 53.4 Å². The van der Waals surface area contributed by atoms with E-state index in [9.17, 15) is 60.2 Å². The van der Waals surface area contributed by atoms with Crippen LogP contribution in [-0.2, 0) is 60.7 Å². The number of hydrogen-bond donors (Lipinski definition) is 14. The quantitative estimate of drug-likeness (QED) is 0.0273. The molecule has 7 aromatic carbocycles. The number of phenols is 6. The normalized spacial score (nSPS) is 19.5. The molecular weight excluding hydrogens is 1520 g/mol. The third-order valence-corrected chi connectivity index (χ3v) is 19.5. The van der Waals surface area contributed by atoms with Crippen molar-refractivity contribution in [3.8, 4) is 86.2 Å². The molecule has 31 nitrogen and oxygen atoms in total. The molecule has 0 saturated carbocycles. The highest BCUT2D eigenvalue weighted by Crippen LogP contribution is 2.50. The second-order valence-electron chi connectivity index (χ2n) is 29.8. The minimum atomic E-state index is -2.30. The van der Waals surface area contributed by atoms with Crippen LogP contribution in [0.2, 0.25) is 10.0 Å². The van der Waals surface area contributed by atoms with Gasteiger partial charge in [0.05, 0.1) is 22.2 Å². The number of carbonyl (C=O) groups excluding carboxylic acids is 9. The molecule has 17 bridgehead atoms. The monoisotopic (exact) mass is 1610 g/mol. The molecule has 0 saturated heterocycles. The predicted octanol–water partition coefficient (Wildman–Crippen LogP) is 11.4. The molecule has 7 aromatic rings. The molecule has 0 aliphatic carbocycles. The summed E-state index contributed by atoms with van der Waals surface area (Å²) in [5, 5.41) is 112. The van der Waals surface area contributed by atoms with Crippen LogP contribution in [0.15, 0.2) is 109 Å². The van der Waals surface area contributed by atoms with Crippen LogP contribution >= 0.6 is 23.2 Å². The third kappa shape index (κ3) is 19.4. The van der Waals surface area contributed by atoms with Crippen molar-refractivity contribution in [1.29, 1.82) is 5.26 Å². The number of unbranched alkanes of at least 4 members (excludes halogenated alkanes) is 7. The van der Waals surface area contributed by atoms with Gasteiger partial charge in [0.25, 0.3) is 0 Å². The average Bonchev–Trinajstić information content (AvgIpc) is 0.753. The second kappa shape index (κ2) is 34.7. The summed E-state index contributed by atoms with van der Waals surface area (Å²) in [6, 6.07) is 7.65. The number of aromatic hydroxyl groups is 6. The number of carbonyl (C=O) groups is 9. The molecule has 33 heteroatoms. The number of alkyl carbamates (subject to hydrolysis) is 1. The van der Waals surface area contributed by atoms with Gasteiger partial charge < -0.3 is 106 Å². The van der Waals surface area contributed by atoms with Gasteiger partial charge in [-0.15, -0.1) is 0 Å². The van der Waals surface area contributed by atoms with Crippen molar-refractivity contribution < 1.29 is 107 Å². The third-order valence-electron chi connectivity index (χ3n) is 18.9. The van der Waals surface area contributed by atoms with Crippen LogP contribution in [0.4, 0.5) is 9.59 Å². The smallest absolute Gasteiger partial charge is 0.410 e. The van der Waals surface area contributed by atoms with Crippen LogP contribution in [0.3, 0.4) is 0 Å². The highest BCUT2D eigenvalue weighted by Gasteiger charge is 2.43. The number of rotatable bonds is 14. The number of hydrogen-bond acceptors (Lipinski definition) is 23. The molecule has 14 N–H and O–H groups in total. The van der Waals surface area contributed by atoms with Gasteiger partial charge in [-0.3, -0.25) is 28.8 Å². The summed E-state index contributed by atoms with van der Waals surface area (Å²) >= 11 is 14.0. The van der Waals surface area contributed by atoms with Crippen molar-refractivity contribution in [3.63, 3.8) is 0 Å². The van der Waals surface area contributed by atoms with Gasteiger partial charge in [0.1, 0.15) is 99.9 Å². The Morgan fingerprint density at radius 1 is 0.561 bits per heavy atom. The molecule has 114 heavy (non-hydrogen) atoms. The van der Waals surface area contributed by atoms with E-state index in [4.69, 9.17) is 51.6 Å². The number of ether oxygens (including phenoxy) is 6. The van der Waals surface area contributed by atoms with E-state index in [1.807, 2.05) is 0 Å². The first-order chi connectivity index (χ1) is 54.0. The van der Waals surface area contributed by atoms with E-state index in [1.54, 1.807) is 47.6 Å². The number of fused-ring (bicyclic) bond motifs is 14. The fourth-order valence-electron chi connectivity index (χ4n) is 13.4. The maximum atomic E-state index is 16.3. The Morgan fingerprint density at radius 3 is 1.78 bits per heavy atom. The van der Waals surface area contributed by atoms with Gasteiger partial charge in [-0.1, -0.05) is 99.3 Å². The van der Waals surface area contributed by atoms with Gasteiger partial charge in [-0.2, -0.15) is 5.26 Å². The highest BCUT2D eigenvalue weighted by molar-refractivity contribution is 6.32. The van der Waals surface area contributed by atoms with Crippen molar-refractivity contribution in [1.82, 2.24) is 42.1 Å². The lowest BCUT2D eigenvalue weighted by Crippen LogP contribution is -2.55. The minimum Gasteiger partial charge on any atom is -0.508 e. The summed E-state index contributed by atoms with van der Waals surface area (Å²) in [6.45, 7) is 10.2. The second-order valence-corrected chi connectivity index (χ2v) is 30.6. The van der Waals surface area contributed by atoms with E-state index in [2.05, 4.69) is 44.1 Å². The molecule has 600 valence electrons. The SMILES string of the molecule is CCCCCCCCCCN(Cc1c(O)cc2c(c1O)-c1cc(ccc1O)[C@@H]1NC(=O)[C@H]3NC(=O)[C@H]4NC(=O)[C@H](Cc5ccc(c(Cl)c5)Oc5cc3cc(c5O)Oc3ccc(cc3Cl)C(O)[C@H](NC1=O)C(=O)N[C@@H]2C(=O)OCC#N)NC(=O)[C@@H](NC(=O)OC(C)(C)C)c1ccc(O)c(c1)Oc1cc(O)cc4c1)C(=O)OC(C)(C)C. The molecule has 0 aromatic heterocycles. The molecule has 0 fully saturated rings. The molecular formula is C81H85Cl2N9O22. The molecule has 6 aliphatic heterocycles. The van der Waals surface area contributed by atoms with Crippen LogP contribution in [-0.4, -0.2) is 131 Å². The molecule has 0 radical (unpaired) electrons. The Bertz CT molecular complexity index is 5000. The first-order valence-electron chi connectivity index (χ1n) is 36.6. The van der Waals surface area contributed by atoms with Crippen molar-refractivity contribution in [3.05, 3.63) is 164 Å². The molecule has 0 spiro atoms. The molecule has 1 unspecified atom stereocenters. The number of benzene rings is 7. The van der Waals surface area contributed by atoms with E-state index in [0.29, 0.717) is 12.8 Å². The number of nitrogens with zero attached hydrogens (tertiary/aromatic N) is 2. The fourth-order valence-corrected chi connectivity index (χ4v) is 13.8. The molecule has 13 rings (SSSR count). The summed E-state index contributed by atoms with van der Waals surface area (Å²) in [4.78, 5) is 138. The minimum absolute atomic E-state index is 0.0191. The first-order valence-corrected chi connectivity index (χ1v) is 37.4. The average molecular weight is 1610 g/mol. The Labute approximate surface area is 663 Å². The van der Waals surface area contributed by atoms with Gasteiger partial charge in [0, 0.05) is 35.7 Å². The van der Waals surface area contributed by atoms with E-state index in [0.717, 1.165) is 99.2 Å². The zero-order chi connectivity index (χ0) is 82.4. The summed E-state index contributed by atoms with van der Waals surface area (Å²) in [5.41, 5.74) is -5.30. The molecule has 6 heterocycles. The predicted molar refractivity (Wildman–Crippen MR) is 408 cm³/mol. The zero-order valence-corrected chi connectivity index (χ0v) is 64.4. The van der Waals surface area contributed by atoms with Crippen molar-refractivity contribution >= 4 is 76.8 Å². The Hall–Kier alpha value is -12.4. The standard InChI is InChI=1S/C81H85Cl2N9O22/c1-8-9-10-11-12-13-14-15-25-92(79(108)114-81(5,6)7)38-49-55(96)37-48-61(69(49)98)47-31-40(17-20-53(47)94)62-73(102)90-67(76(105)89-66(48)77(106)109-26-24-84)68(97)42-19-23-57(51(83)32-42)112-60-35-44-34-59(70(60)99)111-56-22-16-39(27-50(56)82)28-52-71(100)86-64(74(103)88-65(44)75(104)87-62)43-29-45(93)36-46(30-43)110-58-33-41(18-21-54(58)95)63(72(101)85-52)91-78(107)113-80(2,3)4/h16-23,27,29-37,52,62-68,93-99H,8-15,25-26,28,38H2,1-7H3,(H,85,101)(H,86,100)(H,87,104)(H,88,103)(H,89,105)(H,90,102)(H,91,107)/t52-,62-,63-,64-,65-,66-,67-,68?/m0/s1. The topological polar surface area (TPSA) is 462 Å². The summed E-state index contributed by atoms with van der Waals surface area (Å²) in [7, 11) is 0. The van der Waals surface area contributed by atoms with Crippen LogP contribution in [0.25, 0.3) is 11.1 Å². The van der Waals surface area contributed by atoms with Crippen LogP contribution < -0.4 is 51.4 Å². The number of halogens is 2. The van der Waals surface area contributed by atoms with Crippen LogP contribution in [0.1, 0.15) is 181 Å². The number of nitrogens with one attached hydrogen (secondary N) is 7. The lowest BCUT2D eigenvalue weighted by Gasteiger charge is -2.32. The maximum absolute atomic E-state index is 16.3. The number of nitriles is 1. The van der Waals surface area contributed by atoms with Crippen molar-refractivity contribution in [2.75, 3.05) is 13.2 Å². The lowest BCUT2D eigenvalue weighted by atomic mass is 9.87. The zero-order valence-electron chi connectivity index (χ0n) is 62.9. The number of aliphatic hydroxyl groups is 1. The Morgan fingerprint density at radius 2 is 1.14 bits per heavy atom. The number of phenolic OH excluding ortho intramolecular Hbond substituents is 6. The lowest BCUT2D eigenvalue weighted by molar-refractivity contribution is -0.147. The van der Waals surface area contributed by atoms with Crippen LogP contribution in [0, 0.1) is 11.3 Å². The highest BCUT2D eigenvalue weighted by atomic mass is 35.5. The number of esters is 1. The molecule has 6 aliphatic rings. The summed E-state index contributed by atoms with van der Waals surface area (Å²) < 4.78 is 35.4. The van der Waals surface area contributed by atoms with Gasteiger partial charge >= 0.3 is 18.2 Å². The van der Waals surface area contributed by atoms with E-state index >= 15 is 24.0 Å².